The molecule has 0 fully saturated rings. The summed E-state index contributed by atoms with van der Waals surface area (Å²) in [5.41, 5.74) is 0.154. The van der Waals surface area contributed by atoms with Crippen molar-refractivity contribution in [3.8, 4) is 5.75 Å². The van der Waals surface area contributed by atoms with Gasteiger partial charge in [0.1, 0.15) is 5.75 Å². The van der Waals surface area contributed by atoms with Gasteiger partial charge in [-0.3, -0.25) is 0 Å². The number of nitrogens with zero attached hydrogens (tertiary/aromatic N) is 2. The van der Waals surface area contributed by atoms with Gasteiger partial charge < -0.3 is 14.4 Å². The average Bonchev–Trinajstić information content (AvgIpc) is 2.86. The monoisotopic (exact) mass is 418 g/mol. The Balaban J connectivity index is 2.14. The molecule has 0 aliphatic heterocycles. The molecule has 1 aromatic heterocycles. The zero-order chi connectivity index (χ0) is 15.6. The second-order valence-electron chi connectivity index (χ2n) is 4.56. The molecule has 0 aliphatic carbocycles. The molecule has 2 rings (SSSR count). The van der Waals surface area contributed by atoms with E-state index in [2.05, 4.69) is 42.0 Å². The van der Waals surface area contributed by atoms with Crippen molar-refractivity contribution in [2.24, 2.45) is 0 Å². The number of carbonyl (C=O) groups is 1. The summed E-state index contributed by atoms with van der Waals surface area (Å²) >= 11 is 6.57. The molecule has 112 valence electrons. The van der Waals surface area contributed by atoms with Gasteiger partial charge in [-0.05, 0) is 44.0 Å². The highest BCUT2D eigenvalue weighted by atomic mass is 79.9. The third-order valence-electron chi connectivity index (χ3n) is 2.59. The van der Waals surface area contributed by atoms with Gasteiger partial charge in [-0.25, -0.2) is 4.79 Å². The van der Waals surface area contributed by atoms with E-state index in [1.54, 1.807) is 0 Å². The first-order chi connectivity index (χ1) is 9.88. The second-order valence-corrected chi connectivity index (χ2v) is 6.27. The van der Waals surface area contributed by atoms with Gasteiger partial charge in [-0.1, -0.05) is 19.0 Å². The second kappa shape index (κ2) is 6.57. The Morgan fingerprint density at radius 3 is 2.48 bits per heavy atom. The van der Waals surface area contributed by atoms with Gasteiger partial charge in [0, 0.05) is 5.92 Å². The van der Waals surface area contributed by atoms with Crippen molar-refractivity contribution < 1.29 is 19.2 Å². The summed E-state index contributed by atoms with van der Waals surface area (Å²) in [6.45, 7) is 4.03. The van der Waals surface area contributed by atoms with Crippen LogP contribution in [-0.4, -0.2) is 21.2 Å². The normalized spacial score (nSPS) is 10.9. The molecule has 2 aromatic rings. The van der Waals surface area contributed by atoms with Crippen molar-refractivity contribution in [1.29, 1.82) is 0 Å². The molecule has 0 bridgehead atoms. The molecule has 0 spiro atoms. The van der Waals surface area contributed by atoms with Crippen molar-refractivity contribution >= 4 is 37.8 Å². The van der Waals surface area contributed by atoms with Crippen LogP contribution in [0.4, 0.5) is 0 Å². The Morgan fingerprint density at radius 2 is 2.00 bits per heavy atom. The zero-order valence-electron chi connectivity index (χ0n) is 11.3. The van der Waals surface area contributed by atoms with Crippen LogP contribution in [0.3, 0.4) is 0 Å². The molecule has 0 amide bonds. The summed E-state index contributed by atoms with van der Waals surface area (Å²) in [7, 11) is 0. The molecule has 1 aromatic carbocycles. The molecule has 6 nitrogen and oxygen atoms in total. The lowest BCUT2D eigenvalue weighted by Gasteiger charge is -2.09. The molecule has 21 heavy (non-hydrogen) atoms. The van der Waals surface area contributed by atoms with E-state index in [-0.39, 0.29) is 18.1 Å². The highest BCUT2D eigenvalue weighted by Crippen LogP contribution is 2.35. The fourth-order valence-electron chi connectivity index (χ4n) is 1.52. The lowest BCUT2D eigenvalue weighted by atomic mass is 10.2. The van der Waals surface area contributed by atoms with E-state index in [1.807, 2.05) is 13.8 Å². The fraction of sp³-hybridized carbons (Fsp3) is 0.308. The van der Waals surface area contributed by atoms with Crippen LogP contribution in [-0.2, 0) is 6.61 Å². The first-order valence-corrected chi connectivity index (χ1v) is 7.64. The van der Waals surface area contributed by atoms with E-state index >= 15 is 0 Å². The first kappa shape index (κ1) is 16.0. The van der Waals surface area contributed by atoms with Crippen molar-refractivity contribution in [2.75, 3.05) is 0 Å². The van der Waals surface area contributed by atoms with E-state index in [0.29, 0.717) is 26.4 Å². The number of carboxylic acid groups (broad SMARTS) is 1. The molecule has 0 saturated carbocycles. The molecular formula is C13H12Br2N2O4. The number of aromatic carboxylic acids is 1. The Labute approximate surface area is 137 Å². The quantitative estimate of drug-likeness (QED) is 0.788. The maximum atomic E-state index is 10.9. The molecule has 0 unspecified atom stereocenters. The van der Waals surface area contributed by atoms with Crippen LogP contribution in [0.5, 0.6) is 5.75 Å². The number of hydrogen-bond acceptors (Lipinski definition) is 5. The van der Waals surface area contributed by atoms with Gasteiger partial charge in [0.05, 0.1) is 14.5 Å². The van der Waals surface area contributed by atoms with Crippen molar-refractivity contribution in [3.63, 3.8) is 0 Å². The number of ether oxygens (including phenoxy) is 1. The minimum Gasteiger partial charge on any atom is -0.481 e. The number of halogens is 2. The summed E-state index contributed by atoms with van der Waals surface area (Å²) in [4.78, 5) is 15.1. The maximum absolute atomic E-state index is 10.9. The van der Waals surface area contributed by atoms with E-state index in [4.69, 9.17) is 14.4 Å². The predicted octanol–water partition coefficient (Wildman–Crippen LogP) is 4.00. The summed E-state index contributed by atoms with van der Waals surface area (Å²) in [6.07, 6.45) is 0. The molecule has 0 atom stereocenters. The lowest BCUT2D eigenvalue weighted by molar-refractivity contribution is 0.0696. The van der Waals surface area contributed by atoms with E-state index < -0.39 is 5.97 Å². The summed E-state index contributed by atoms with van der Waals surface area (Å²) in [5.74, 6) is 0.620. The minimum atomic E-state index is -1.01. The smallest absolute Gasteiger partial charge is 0.335 e. The number of aromatic nitrogens is 2. The van der Waals surface area contributed by atoms with Gasteiger partial charge in [0.2, 0.25) is 0 Å². The summed E-state index contributed by atoms with van der Waals surface area (Å²) < 4.78 is 11.7. The third-order valence-corrected chi connectivity index (χ3v) is 3.76. The largest absolute Gasteiger partial charge is 0.481 e. The van der Waals surface area contributed by atoms with Crippen LogP contribution >= 0.6 is 31.9 Å². The lowest BCUT2D eigenvalue weighted by Crippen LogP contribution is -2.01. The first-order valence-electron chi connectivity index (χ1n) is 6.06. The fourth-order valence-corrected chi connectivity index (χ4v) is 2.93. The molecule has 0 saturated heterocycles. The Morgan fingerprint density at radius 1 is 1.38 bits per heavy atom. The molecule has 1 heterocycles. The van der Waals surface area contributed by atoms with Crippen molar-refractivity contribution in [3.05, 3.63) is 38.4 Å². The average molecular weight is 420 g/mol. The van der Waals surface area contributed by atoms with Gasteiger partial charge in [-0.15, -0.1) is 0 Å². The van der Waals surface area contributed by atoms with Crippen LogP contribution in [0.15, 0.2) is 25.6 Å². The third kappa shape index (κ3) is 3.82. The number of rotatable bonds is 5. The zero-order valence-corrected chi connectivity index (χ0v) is 14.4. The van der Waals surface area contributed by atoms with Crippen LogP contribution < -0.4 is 4.74 Å². The number of carboxylic acids is 1. The molecule has 0 radical (unpaired) electrons. The highest BCUT2D eigenvalue weighted by Gasteiger charge is 2.15. The van der Waals surface area contributed by atoms with Gasteiger partial charge >= 0.3 is 5.97 Å². The van der Waals surface area contributed by atoms with Gasteiger partial charge in [0.25, 0.3) is 5.89 Å². The van der Waals surface area contributed by atoms with Crippen molar-refractivity contribution in [1.82, 2.24) is 10.1 Å². The molecular weight excluding hydrogens is 408 g/mol. The van der Waals surface area contributed by atoms with Crippen molar-refractivity contribution in [2.45, 2.75) is 26.4 Å². The van der Waals surface area contributed by atoms with Gasteiger partial charge in [0.15, 0.2) is 12.4 Å². The van der Waals surface area contributed by atoms with E-state index in [1.165, 1.54) is 12.1 Å². The molecule has 8 heteroatoms. The Bertz CT molecular complexity index is 647. The Kier molecular flexibility index (Phi) is 5.00. The summed E-state index contributed by atoms with van der Waals surface area (Å²) in [5, 5.41) is 12.8. The molecule has 1 N–H and O–H groups in total. The standard InChI is InChI=1S/C13H12Br2N2O4/c1-6(2)12-16-10(21-17-12)5-20-11-8(14)3-7(13(18)19)4-9(11)15/h3-4,6H,5H2,1-2H3,(H,18,19). The number of benzene rings is 1. The van der Waals surface area contributed by atoms with E-state index in [0.717, 1.165) is 0 Å². The molecule has 0 aliphatic rings. The Hall–Kier alpha value is -1.41. The highest BCUT2D eigenvalue weighted by molar-refractivity contribution is 9.11. The summed E-state index contributed by atoms with van der Waals surface area (Å²) in [6, 6.07) is 2.94. The van der Waals surface area contributed by atoms with E-state index in [9.17, 15) is 4.79 Å². The topological polar surface area (TPSA) is 85.5 Å². The predicted molar refractivity (Wildman–Crippen MR) is 81.5 cm³/mol. The van der Waals surface area contributed by atoms with Crippen LogP contribution in [0, 0.1) is 0 Å². The maximum Gasteiger partial charge on any atom is 0.335 e. The minimum absolute atomic E-state index is 0.101. The van der Waals surface area contributed by atoms with Crippen LogP contribution in [0.2, 0.25) is 0 Å². The van der Waals surface area contributed by atoms with Gasteiger partial charge in [-0.2, -0.15) is 4.98 Å². The SMILES string of the molecule is CC(C)c1noc(COc2c(Br)cc(C(=O)O)cc2Br)n1. The van der Waals surface area contributed by atoms with Crippen LogP contribution in [0.1, 0.15) is 41.8 Å². The number of hydrogen-bond donors (Lipinski definition) is 1. The van der Waals surface area contributed by atoms with Crippen LogP contribution in [0.25, 0.3) is 0 Å².